The molecule has 1 amide bonds. The minimum Gasteiger partial charge on any atom is -0.493 e. The van der Waals surface area contributed by atoms with Crippen LogP contribution in [-0.2, 0) is 4.74 Å². The van der Waals surface area contributed by atoms with Crippen molar-refractivity contribution in [2.24, 2.45) is 0 Å². The third-order valence-corrected chi connectivity index (χ3v) is 4.60. The van der Waals surface area contributed by atoms with Gasteiger partial charge in [0.2, 0.25) is 0 Å². The van der Waals surface area contributed by atoms with Crippen molar-refractivity contribution in [3.8, 4) is 11.5 Å². The molecule has 3 rings (SSSR count). The highest BCUT2D eigenvalue weighted by molar-refractivity contribution is 5.97. The van der Waals surface area contributed by atoms with Gasteiger partial charge < -0.3 is 19.5 Å². The molecule has 1 N–H and O–H groups in total. The predicted molar refractivity (Wildman–Crippen MR) is 86.2 cm³/mol. The average Bonchev–Trinajstić information content (AvgIpc) is 3.06. The van der Waals surface area contributed by atoms with Crippen molar-refractivity contribution in [2.45, 2.75) is 25.0 Å². The van der Waals surface area contributed by atoms with Crippen LogP contribution in [0.25, 0.3) is 0 Å². The van der Waals surface area contributed by atoms with Gasteiger partial charge in [0.25, 0.3) is 5.91 Å². The lowest BCUT2D eigenvalue weighted by atomic mass is 10.1. The second-order valence-electron chi connectivity index (χ2n) is 6.00. The Labute approximate surface area is 136 Å². The molecule has 6 nitrogen and oxygen atoms in total. The Hall–Kier alpha value is -1.79. The summed E-state index contributed by atoms with van der Waals surface area (Å²) in [5.41, 5.74) is 0.474. The maximum atomic E-state index is 12.4. The first-order valence-electron chi connectivity index (χ1n) is 8.07. The summed E-state index contributed by atoms with van der Waals surface area (Å²) in [7, 11) is 3.09. The minimum absolute atomic E-state index is 0.0462. The zero-order chi connectivity index (χ0) is 16.2. The minimum atomic E-state index is -0.173. The van der Waals surface area contributed by atoms with Crippen LogP contribution in [0, 0.1) is 0 Å². The number of ether oxygens (including phenoxy) is 3. The van der Waals surface area contributed by atoms with Crippen LogP contribution in [0.3, 0.4) is 0 Å². The van der Waals surface area contributed by atoms with Gasteiger partial charge in [0, 0.05) is 19.1 Å². The molecule has 2 saturated heterocycles. The monoisotopic (exact) mass is 320 g/mol. The molecule has 2 atom stereocenters. The fraction of sp³-hybridized carbons (Fsp3) is 0.588. The fourth-order valence-corrected chi connectivity index (χ4v) is 3.38. The third-order valence-electron chi connectivity index (χ3n) is 4.60. The maximum Gasteiger partial charge on any atom is 0.255 e. The van der Waals surface area contributed by atoms with E-state index >= 15 is 0 Å². The van der Waals surface area contributed by atoms with Crippen LogP contribution in [0.5, 0.6) is 11.5 Å². The molecule has 1 aromatic rings. The Morgan fingerprint density at radius 2 is 2.26 bits per heavy atom. The number of morpholine rings is 1. The SMILES string of the molecule is COc1cccc(C(=O)NC[C@H]2CN3CCC[C@@H]3CO2)c1OC. The molecule has 126 valence electrons. The van der Waals surface area contributed by atoms with Gasteiger partial charge in [-0.3, -0.25) is 9.69 Å². The molecule has 2 heterocycles. The second-order valence-corrected chi connectivity index (χ2v) is 6.00. The number of benzene rings is 1. The van der Waals surface area contributed by atoms with Crippen molar-refractivity contribution in [1.82, 2.24) is 10.2 Å². The molecule has 0 aromatic heterocycles. The van der Waals surface area contributed by atoms with E-state index in [4.69, 9.17) is 14.2 Å². The van der Waals surface area contributed by atoms with E-state index in [-0.39, 0.29) is 12.0 Å². The zero-order valence-corrected chi connectivity index (χ0v) is 13.7. The molecule has 0 radical (unpaired) electrons. The largest absolute Gasteiger partial charge is 0.493 e. The second kappa shape index (κ2) is 7.19. The Balaban J connectivity index is 1.59. The summed E-state index contributed by atoms with van der Waals surface area (Å²) in [6.45, 7) is 3.30. The molecule has 2 aliphatic rings. The predicted octanol–water partition coefficient (Wildman–Crippen LogP) is 1.30. The molecule has 2 fully saturated rings. The van der Waals surface area contributed by atoms with Crippen LogP contribution >= 0.6 is 0 Å². The highest BCUT2D eigenvalue weighted by Gasteiger charge is 2.32. The number of carbonyl (C=O) groups is 1. The number of carbonyl (C=O) groups excluding carboxylic acids is 1. The van der Waals surface area contributed by atoms with Crippen molar-refractivity contribution in [3.63, 3.8) is 0 Å². The average molecular weight is 320 g/mol. The number of rotatable bonds is 5. The first-order chi connectivity index (χ1) is 11.2. The molecule has 0 bridgehead atoms. The Morgan fingerprint density at radius 3 is 3.04 bits per heavy atom. The Kier molecular flexibility index (Phi) is 5.03. The summed E-state index contributed by atoms with van der Waals surface area (Å²) in [5.74, 6) is 0.832. The van der Waals surface area contributed by atoms with Gasteiger partial charge in [0.05, 0.1) is 32.5 Å². The fourth-order valence-electron chi connectivity index (χ4n) is 3.38. The van der Waals surface area contributed by atoms with Crippen molar-refractivity contribution in [3.05, 3.63) is 23.8 Å². The van der Waals surface area contributed by atoms with Crippen LogP contribution < -0.4 is 14.8 Å². The van der Waals surface area contributed by atoms with E-state index in [2.05, 4.69) is 10.2 Å². The first kappa shape index (κ1) is 16.1. The number of nitrogens with one attached hydrogen (secondary N) is 1. The topological polar surface area (TPSA) is 60.0 Å². The maximum absolute atomic E-state index is 12.4. The van der Waals surface area contributed by atoms with E-state index < -0.39 is 0 Å². The highest BCUT2D eigenvalue weighted by Crippen LogP contribution is 2.30. The quantitative estimate of drug-likeness (QED) is 0.886. The van der Waals surface area contributed by atoms with Crippen molar-refractivity contribution in [2.75, 3.05) is 40.5 Å². The molecular formula is C17H24N2O4. The number of methoxy groups -OCH3 is 2. The lowest BCUT2D eigenvalue weighted by molar-refractivity contribution is -0.0461. The van der Waals surface area contributed by atoms with E-state index in [1.54, 1.807) is 25.3 Å². The van der Waals surface area contributed by atoms with E-state index in [9.17, 15) is 4.79 Å². The number of amides is 1. The number of fused-ring (bicyclic) bond motifs is 1. The molecule has 0 unspecified atom stereocenters. The Morgan fingerprint density at radius 1 is 1.39 bits per heavy atom. The summed E-state index contributed by atoms with van der Waals surface area (Å²) < 4.78 is 16.4. The van der Waals surface area contributed by atoms with E-state index in [0.29, 0.717) is 29.6 Å². The molecule has 6 heteroatoms. The van der Waals surface area contributed by atoms with Crippen molar-refractivity contribution in [1.29, 1.82) is 0 Å². The van der Waals surface area contributed by atoms with E-state index in [1.165, 1.54) is 20.0 Å². The summed E-state index contributed by atoms with van der Waals surface area (Å²) in [6, 6.07) is 5.85. The van der Waals surface area contributed by atoms with Gasteiger partial charge in [-0.05, 0) is 31.5 Å². The van der Waals surface area contributed by atoms with Gasteiger partial charge in [-0.15, -0.1) is 0 Å². The number of nitrogens with zero attached hydrogens (tertiary/aromatic N) is 1. The Bertz CT molecular complexity index is 564. The molecular weight excluding hydrogens is 296 g/mol. The van der Waals surface area contributed by atoms with E-state index in [1.807, 2.05) is 0 Å². The molecule has 23 heavy (non-hydrogen) atoms. The molecule has 0 aliphatic carbocycles. The molecule has 0 spiro atoms. The highest BCUT2D eigenvalue weighted by atomic mass is 16.5. The molecule has 1 aromatic carbocycles. The normalized spacial score (nSPS) is 24.1. The first-order valence-corrected chi connectivity index (χ1v) is 8.07. The van der Waals surface area contributed by atoms with Gasteiger partial charge in [0.1, 0.15) is 0 Å². The number of para-hydroxylation sites is 1. The smallest absolute Gasteiger partial charge is 0.255 e. The lowest BCUT2D eigenvalue weighted by Gasteiger charge is -2.35. The van der Waals surface area contributed by atoms with Crippen LogP contribution in [0.15, 0.2) is 18.2 Å². The summed E-state index contributed by atoms with van der Waals surface area (Å²) in [5, 5.41) is 2.95. The van der Waals surface area contributed by atoms with Crippen LogP contribution in [0.1, 0.15) is 23.2 Å². The van der Waals surface area contributed by atoms with Crippen LogP contribution in [0.4, 0.5) is 0 Å². The lowest BCUT2D eigenvalue weighted by Crippen LogP contribution is -2.50. The van der Waals surface area contributed by atoms with Gasteiger partial charge in [-0.2, -0.15) is 0 Å². The van der Waals surface area contributed by atoms with Crippen LogP contribution in [-0.4, -0.2) is 63.4 Å². The summed E-state index contributed by atoms with van der Waals surface area (Å²) >= 11 is 0. The van der Waals surface area contributed by atoms with Crippen molar-refractivity contribution < 1.29 is 19.0 Å². The number of hydrogen-bond acceptors (Lipinski definition) is 5. The van der Waals surface area contributed by atoms with Gasteiger partial charge in [0.15, 0.2) is 11.5 Å². The van der Waals surface area contributed by atoms with Gasteiger partial charge in [-0.25, -0.2) is 0 Å². The molecule has 2 aliphatic heterocycles. The third kappa shape index (κ3) is 3.43. The van der Waals surface area contributed by atoms with Crippen LogP contribution in [0.2, 0.25) is 0 Å². The molecule has 0 saturated carbocycles. The van der Waals surface area contributed by atoms with Gasteiger partial charge >= 0.3 is 0 Å². The van der Waals surface area contributed by atoms with Crippen molar-refractivity contribution >= 4 is 5.91 Å². The number of hydrogen-bond donors (Lipinski definition) is 1. The summed E-state index contributed by atoms with van der Waals surface area (Å²) in [6.07, 6.45) is 2.51. The zero-order valence-electron chi connectivity index (χ0n) is 13.7. The van der Waals surface area contributed by atoms with E-state index in [0.717, 1.165) is 19.7 Å². The standard InChI is InChI=1S/C17H24N2O4/c1-21-15-7-3-6-14(16(15)22-2)17(20)18-9-13-10-19-8-4-5-12(19)11-23-13/h3,6-7,12-13H,4-5,8-11H2,1-2H3,(H,18,20)/t12-,13+/m1/s1. The summed E-state index contributed by atoms with van der Waals surface area (Å²) in [4.78, 5) is 14.9. The van der Waals surface area contributed by atoms with Gasteiger partial charge in [-0.1, -0.05) is 6.07 Å².